The number of hydrogen-bond donors (Lipinski definition) is 1. The number of nitrogens with one attached hydrogen (secondary N) is 1. The Hall–Kier alpha value is -2.21. The van der Waals surface area contributed by atoms with Crippen LogP contribution in [0.15, 0.2) is 12.1 Å². The van der Waals surface area contributed by atoms with Crippen molar-refractivity contribution in [1.82, 2.24) is 15.1 Å². The Morgan fingerprint density at radius 1 is 1.26 bits per heavy atom. The summed E-state index contributed by atoms with van der Waals surface area (Å²) in [6, 6.07) is 4.04. The Morgan fingerprint density at radius 3 is 3.04 bits per heavy atom. The fourth-order valence-electron chi connectivity index (χ4n) is 3.42. The van der Waals surface area contributed by atoms with Crippen molar-refractivity contribution in [1.29, 1.82) is 0 Å². The topological polar surface area (TPSA) is 59.6 Å². The molecule has 0 spiro atoms. The first-order chi connectivity index (χ1) is 11.2. The second-order valence-electron chi connectivity index (χ2n) is 6.19. The Balaban J connectivity index is 1.49. The molecule has 0 fully saturated rings. The van der Waals surface area contributed by atoms with E-state index in [1.165, 1.54) is 23.4 Å². The number of aromatic amines is 1. The van der Waals surface area contributed by atoms with Crippen LogP contribution < -0.4 is 14.2 Å². The van der Waals surface area contributed by atoms with E-state index in [1.54, 1.807) is 7.11 Å². The Morgan fingerprint density at radius 2 is 2.17 bits per heavy atom. The van der Waals surface area contributed by atoms with Gasteiger partial charge in [0.15, 0.2) is 11.5 Å². The summed E-state index contributed by atoms with van der Waals surface area (Å²) in [6.07, 6.45) is 3.51. The van der Waals surface area contributed by atoms with Crippen LogP contribution in [0.25, 0.3) is 0 Å². The first-order valence-electron chi connectivity index (χ1n) is 7.94. The maximum absolute atomic E-state index is 5.49. The lowest BCUT2D eigenvalue weighted by Crippen LogP contribution is -2.18. The number of aryl methyl sites for hydroxylation is 1. The summed E-state index contributed by atoms with van der Waals surface area (Å²) in [5.74, 6) is 2.18. The van der Waals surface area contributed by atoms with Crippen molar-refractivity contribution < 1.29 is 14.2 Å². The van der Waals surface area contributed by atoms with E-state index in [4.69, 9.17) is 14.2 Å². The Bertz CT molecular complexity index is 726. The lowest BCUT2D eigenvalue weighted by atomic mass is 10.1. The van der Waals surface area contributed by atoms with E-state index in [2.05, 4.69) is 22.1 Å². The average Bonchev–Trinajstić information content (AvgIpc) is 3.24. The highest BCUT2D eigenvalue weighted by atomic mass is 16.7. The number of rotatable bonds is 5. The van der Waals surface area contributed by atoms with Gasteiger partial charge in [-0.05, 0) is 49.6 Å². The van der Waals surface area contributed by atoms with E-state index in [1.807, 2.05) is 12.1 Å². The van der Waals surface area contributed by atoms with Gasteiger partial charge in [0.25, 0.3) is 0 Å². The molecule has 1 aliphatic heterocycles. The van der Waals surface area contributed by atoms with Crippen LogP contribution >= 0.6 is 0 Å². The van der Waals surface area contributed by atoms with Crippen molar-refractivity contribution >= 4 is 0 Å². The molecule has 0 bridgehead atoms. The van der Waals surface area contributed by atoms with Gasteiger partial charge in [-0.1, -0.05) is 0 Å². The van der Waals surface area contributed by atoms with Crippen LogP contribution in [0, 0.1) is 0 Å². The van der Waals surface area contributed by atoms with E-state index in [0.717, 1.165) is 43.0 Å². The predicted molar refractivity (Wildman–Crippen MR) is 84.9 cm³/mol. The van der Waals surface area contributed by atoms with Crippen LogP contribution in [-0.4, -0.2) is 36.0 Å². The maximum Gasteiger partial charge on any atom is 0.231 e. The standard InChI is InChI=1S/C17H21N3O3/c1-20(9-14-12-4-3-5-13(12)18-19-14)8-11-6-15(21-2)17-16(7-11)22-10-23-17/h6-7H,3-5,8-10H2,1-2H3,(H,18,19). The van der Waals surface area contributed by atoms with Gasteiger partial charge >= 0.3 is 0 Å². The summed E-state index contributed by atoms with van der Waals surface area (Å²) in [4.78, 5) is 2.26. The van der Waals surface area contributed by atoms with Gasteiger partial charge in [0, 0.05) is 18.8 Å². The van der Waals surface area contributed by atoms with Gasteiger partial charge in [-0.3, -0.25) is 10.00 Å². The zero-order valence-corrected chi connectivity index (χ0v) is 13.5. The van der Waals surface area contributed by atoms with Crippen molar-refractivity contribution in [3.05, 3.63) is 34.6 Å². The highest BCUT2D eigenvalue weighted by Crippen LogP contribution is 2.42. The van der Waals surface area contributed by atoms with E-state index >= 15 is 0 Å². The molecule has 6 nitrogen and oxygen atoms in total. The van der Waals surface area contributed by atoms with Crippen LogP contribution in [0.3, 0.4) is 0 Å². The summed E-state index contributed by atoms with van der Waals surface area (Å²) in [6.45, 7) is 1.89. The number of aromatic nitrogens is 2. The largest absolute Gasteiger partial charge is 0.493 e. The van der Waals surface area contributed by atoms with Crippen molar-refractivity contribution in [2.45, 2.75) is 32.4 Å². The fourth-order valence-corrected chi connectivity index (χ4v) is 3.42. The van der Waals surface area contributed by atoms with Crippen LogP contribution in [0.5, 0.6) is 17.2 Å². The van der Waals surface area contributed by atoms with E-state index in [9.17, 15) is 0 Å². The number of nitrogens with zero attached hydrogens (tertiary/aromatic N) is 2. The Kier molecular flexibility index (Phi) is 3.61. The number of fused-ring (bicyclic) bond motifs is 2. The van der Waals surface area contributed by atoms with Crippen LogP contribution in [0.1, 0.15) is 28.9 Å². The quantitative estimate of drug-likeness (QED) is 0.917. The molecule has 23 heavy (non-hydrogen) atoms. The second kappa shape index (κ2) is 5.77. The molecule has 0 radical (unpaired) electrons. The molecule has 1 aliphatic carbocycles. The van der Waals surface area contributed by atoms with E-state index in [-0.39, 0.29) is 6.79 Å². The highest BCUT2D eigenvalue weighted by molar-refractivity contribution is 5.55. The van der Waals surface area contributed by atoms with E-state index < -0.39 is 0 Å². The smallest absolute Gasteiger partial charge is 0.231 e. The lowest BCUT2D eigenvalue weighted by molar-refractivity contribution is 0.171. The summed E-state index contributed by atoms with van der Waals surface area (Å²) >= 11 is 0. The molecule has 122 valence electrons. The third-order valence-corrected chi connectivity index (χ3v) is 4.48. The molecule has 1 N–H and O–H groups in total. The third kappa shape index (κ3) is 2.63. The molecule has 6 heteroatoms. The minimum absolute atomic E-state index is 0.254. The number of hydrogen-bond acceptors (Lipinski definition) is 5. The number of methoxy groups -OCH3 is 1. The first kappa shape index (κ1) is 14.4. The molecular weight excluding hydrogens is 294 g/mol. The van der Waals surface area contributed by atoms with Gasteiger partial charge in [-0.25, -0.2) is 0 Å². The molecule has 2 aromatic rings. The summed E-state index contributed by atoms with van der Waals surface area (Å²) < 4.78 is 16.3. The minimum Gasteiger partial charge on any atom is -0.493 e. The van der Waals surface area contributed by atoms with Gasteiger partial charge < -0.3 is 14.2 Å². The molecule has 4 rings (SSSR count). The lowest BCUT2D eigenvalue weighted by Gasteiger charge is -2.17. The van der Waals surface area contributed by atoms with Crippen molar-refractivity contribution in [2.24, 2.45) is 0 Å². The zero-order chi connectivity index (χ0) is 15.8. The zero-order valence-electron chi connectivity index (χ0n) is 13.5. The molecule has 1 aromatic heterocycles. The first-order valence-corrected chi connectivity index (χ1v) is 7.94. The fraction of sp³-hybridized carbons (Fsp3) is 0.471. The number of benzene rings is 1. The normalized spacial score (nSPS) is 15.3. The van der Waals surface area contributed by atoms with Gasteiger partial charge in [-0.15, -0.1) is 0 Å². The molecule has 0 saturated carbocycles. The monoisotopic (exact) mass is 315 g/mol. The molecule has 0 saturated heterocycles. The van der Waals surface area contributed by atoms with Crippen molar-refractivity contribution in [3.63, 3.8) is 0 Å². The van der Waals surface area contributed by atoms with Gasteiger partial charge in [-0.2, -0.15) is 5.10 Å². The molecular formula is C17H21N3O3. The Labute approximate surface area is 135 Å². The van der Waals surface area contributed by atoms with Crippen LogP contribution in [0.4, 0.5) is 0 Å². The molecule has 0 unspecified atom stereocenters. The molecule has 2 aliphatic rings. The maximum atomic E-state index is 5.49. The van der Waals surface area contributed by atoms with Gasteiger partial charge in [0.1, 0.15) is 0 Å². The van der Waals surface area contributed by atoms with Crippen molar-refractivity contribution in [3.8, 4) is 17.2 Å². The summed E-state index contributed by atoms with van der Waals surface area (Å²) in [5, 5.41) is 7.65. The summed E-state index contributed by atoms with van der Waals surface area (Å²) in [7, 11) is 3.75. The molecule has 2 heterocycles. The van der Waals surface area contributed by atoms with Crippen molar-refractivity contribution in [2.75, 3.05) is 21.0 Å². The predicted octanol–water partition coefficient (Wildman–Crippen LogP) is 2.27. The minimum atomic E-state index is 0.254. The molecule has 1 aromatic carbocycles. The number of ether oxygens (including phenoxy) is 3. The third-order valence-electron chi connectivity index (χ3n) is 4.48. The van der Waals surface area contributed by atoms with E-state index in [0.29, 0.717) is 5.75 Å². The molecule has 0 atom stereocenters. The second-order valence-corrected chi connectivity index (χ2v) is 6.19. The van der Waals surface area contributed by atoms with Crippen LogP contribution in [0.2, 0.25) is 0 Å². The van der Waals surface area contributed by atoms with Crippen LogP contribution in [-0.2, 0) is 25.9 Å². The van der Waals surface area contributed by atoms with Gasteiger partial charge in [0.05, 0.1) is 12.8 Å². The summed E-state index contributed by atoms with van der Waals surface area (Å²) in [5.41, 5.74) is 5.05. The average molecular weight is 315 g/mol. The molecule has 0 amide bonds. The number of H-pyrrole nitrogens is 1. The highest BCUT2D eigenvalue weighted by Gasteiger charge is 2.22. The SMILES string of the molecule is COc1cc(CN(C)Cc2n[nH]c3c2CCC3)cc2c1OCO2. The van der Waals surface area contributed by atoms with Gasteiger partial charge in [0.2, 0.25) is 12.5 Å².